The molecule has 0 aromatic heterocycles. The Balaban J connectivity index is 2.21. The number of amides is 1. The first-order valence-corrected chi connectivity index (χ1v) is 8.96. The molecular formula is C17H20N2O4S. The maximum atomic E-state index is 12.3. The molecule has 6 nitrogen and oxygen atoms in total. The number of hydrogen-bond donors (Lipinski definition) is 2. The van der Waals surface area contributed by atoms with E-state index in [2.05, 4.69) is 10.0 Å². The number of nitrogens with one attached hydrogen (secondary N) is 2. The SMILES string of the molecule is COc1ccc(NS(=O)(=O)Cc2cccc(C)c2)cc1NC(C)=O. The van der Waals surface area contributed by atoms with Gasteiger partial charge >= 0.3 is 0 Å². The zero-order valence-electron chi connectivity index (χ0n) is 13.8. The summed E-state index contributed by atoms with van der Waals surface area (Å²) in [5.74, 6) is 0.0517. The maximum Gasteiger partial charge on any atom is 0.236 e. The Morgan fingerprint density at radius 3 is 2.54 bits per heavy atom. The van der Waals surface area contributed by atoms with Gasteiger partial charge in [-0.3, -0.25) is 9.52 Å². The molecule has 2 aromatic carbocycles. The molecule has 0 atom stereocenters. The fourth-order valence-electron chi connectivity index (χ4n) is 2.30. The molecule has 0 unspecified atom stereocenters. The van der Waals surface area contributed by atoms with E-state index in [9.17, 15) is 13.2 Å². The minimum Gasteiger partial charge on any atom is -0.495 e. The van der Waals surface area contributed by atoms with Crippen LogP contribution in [0.2, 0.25) is 0 Å². The van der Waals surface area contributed by atoms with Crippen molar-refractivity contribution in [2.24, 2.45) is 0 Å². The first-order chi connectivity index (χ1) is 11.3. The van der Waals surface area contributed by atoms with E-state index in [1.807, 2.05) is 25.1 Å². The number of carbonyl (C=O) groups is 1. The van der Waals surface area contributed by atoms with Gasteiger partial charge in [-0.2, -0.15) is 0 Å². The molecule has 2 rings (SSSR count). The van der Waals surface area contributed by atoms with Gasteiger partial charge in [-0.05, 0) is 30.7 Å². The lowest BCUT2D eigenvalue weighted by molar-refractivity contribution is -0.114. The molecule has 1 amide bonds. The van der Waals surface area contributed by atoms with Crippen LogP contribution in [0, 0.1) is 6.92 Å². The highest BCUT2D eigenvalue weighted by molar-refractivity contribution is 7.91. The van der Waals surface area contributed by atoms with E-state index in [0.717, 1.165) is 5.56 Å². The molecule has 24 heavy (non-hydrogen) atoms. The smallest absolute Gasteiger partial charge is 0.236 e. The van der Waals surface area contributed by atoms with E-state index < -0.39 is 10.0 Å². The van der Waals surface area contributed by atoms with Crippen molar-refractivity contribution < 1.29 is 17.9 Å². The minimum atomic E-state index is -3.57. The summed E-state index contributed by atoms with van der Waals surface area (Å²) >= 11 is 0. The summed E-state index contributed by atoms with van der Waals surface area (Å²) in [6.45, 7) is 3.28. The van der Waals surface area contributed by atoms with Gasteiger partial charge in [0.1, 0.15) is 5.75 Å². The number of hydrogen-bond acceptors (Lipinski definition) is 4. The van der Waals surface area contributed by atoms with E-state index >= 15 is 0 Å². The number of methoxy groups -OCH3 is 1. The predicted molar refractivity (Wildman–Crippen MR) is 94.7 cm³/mol. The van der Waals surface area contributed by atoms with Gasteiger partial charge in [0.05, 0.1) is 24.2 Å². The van der Waals surface area contributed by atoms with E-state index in [0.29, 0.717) is 22.7 Å². The van der Waals surface area contributed by atoms with Crippen molar-refractivity contribution in [2.75, 3.05) is 17.1 Å². The first kappa shape index (κ1) is 17.8. The molecule has 0 fully saturated rings. The standard InChI is InChI=1S/C17H20N2O4S/c1-12-5-4-6-14(9-12)11-24(21,22)19-15-7-8-17(23-3)16(10-15)18-13(2)20/h4-10,19H,11H2,1-3H3,(H,18,20). The predicted octanol–water partition coefficient (Wildman–Crippen LogP) is 2.90. The molecule has 0 radical (unpaired) electrons. The third-order valence-electron chi connectivity index (χ3n) is 3.22. The van der Waals surface area contributed by atoms with Gasteiger partial charge in [-0.1, -0.05) is 29.8 Å². The van der Waals surface area contributed by atoms with Gasteiger partial charge in [0, 0.05) is 6.92 Å². The normalized spacial score (nSPS) is 11.0. The Kier molecular flexibility index (Phi) is 5.46. The summed E-state index contributed by atoms with van der Waals surface area (Å²) in [7, 11) is -2.10. The maximum absolute atomic E-state index is 12.3. The summed E-state index contributed by atoms with van der Waals surface area (Å²) in [6.07, 6.45) is 0. The average molecular weight is 348 g/mol. The first-order valence-electron chi connectivity index (χ1n) is 7.31. The Morgan fingerprint density at radius 1 is 1.17 bits per heavy atom. The molecule has 2 N–H and O–H groups in total. The van der Waals surface area contributed by atoms with Gasteiger partial charge in [0.15, 0.2) is 0 Å². The molecule has 0 aliphatic heterocycles. The van der Waals surface area contributed by atoms with Crippen molar-refractivity contribution in [2.45, 2.75) is 19.6 Å². The van der Waals surface area contributed by atoms with Gasteiger partial charge in [0.25, 0.3) is 0 Å². The third-order valence-corrected chi connectivity index (χ3v) is 4.48. The second-order valence-corrected chi connectivity index (χ2v) is 7.17. The fraction of sp³-hybridized carbons (Fsp3) is 0.235. The van der Waals surface area contributed by atoms with Crippen LogP contribution in [-0.2, 0) is 20.6 Å². The van der Waals surface area contributed by atoms with Crippen molar-refractivity contribution >= 4 is 27.3 Å². The lowest BCUT2D eigenvalue weighted by Crippen LogP contribution is -2.15. The largest absolute Gasteiger partial charge is 0.495 e. The second-order valence-electron chi connectivity index (χ2n) is 5.45. The summed E-state index contributed by atoms with van der Waals surface area (Å²) in [5.41, 5.74) is 2.46. The number of anilines is 2. The highest BCUT2D eigenvalue weighted by Crippen LogP contribution is 2.28. The summed E-state index contributed by atoms with van der Waals surface area (Å²) in [6, 6.07) is 12.0. The molecule has 0 aliphatic carbocycles. The van der Waals surface area contributed by atoms with Crippen molar-refractivity contribution in [1.29, 1.82) is 0 Å². The highest BCUT2D eigenvalue weighted by atomic mass is 32.2. The van der Waals surface area contributed by atoms with Crippen LogP contribution < -0.4 is 14.8 Å². The summed E-state index contributed by atoms with van der Waals surface area (Å²) < 4.78 is 32.3. The van der Waals surface area contributed by atoms with Crippen molar-refractivity contribution in [1.82, 2.24) is 0 Å². The van der Waals surface area contributed by atoms with Gasteiger partial charge < -0.3 is 10.1 Å². The molecule has 128 valence electrons. The highest BCUT2D eigenvalue weighted by Gasteiger charge is 2.14. The van der Waals surface area contributed by atoms with Gasteiger partial charge in [-0.15, -0.1) is 0 Å². The summed E-state index contributed by atoms with van der Waals surface area (Å²) in [5, 5.41) is 2.61. The Bertz CT molecular complexity index is 847. The van der Waals surface area contributed by atoms with Crippen LogP contribution in [0.3, 0.4) is 0 Å². The number of carbonyl (C=O) groups excluding carboxylic acids is 1. The number of benzene rings is 2. The van der Waals surface area contributed by atoms with Crippen LogP contribution in [0.15, 0.2) is 42.5 Å². The molecule has 0 heterocycles. The monoisotopic (exact) mass is 348 g/mol. The number of sulfonamides is 1. The van der Waals surface area contributed by atoms with E-state index in [1.54, 1.807) is 18.2 Å². The Hall–Kier alpha value is -2.54. The van der Waals surface area contributed by atoms with Crippen LogP contribution in [0.1, 0.15) is 18.1 Å². The van der Waals surface area contributed by atoms with E-state index in [-0.39, 0.29) is 11.7 Å². The zero-order valence-corrected chi connectivity index (χ0v) is 14.6. The van der Waals surface area contributed by atoms with Crippen LogP contribution in [0.4, 0.5) is 11.4 Å². The number of aryl methyl sites for hydroxylation is 1. The van der Waals surface area contributed by atoms with Crippen molar-refractivity contribution in [3.8, 4) is 5.75 Å². The Labute approximate surface area is 141 Å². The van der Waals surface area contributed by atoms with Crippen LogP contribution in [-0.4, -0.2) is 21.4 Å². The zero-order chi connectivity index (χ0) is 17.7. The minimum absolute atomic E-state index is 0.129. The van der Waals surface area contributed by atoms with E-state index in [4.69, 9.17) is 4.74 Å². The molecule has 0 saturated carbocycles. The lowest BCUT2D eigenvalue weighted by atomic mass is 10.2. The topological polar surface area (TPSA) is 84.5 Å². The molecule has 0 saturated heterocycles. The van der Waals surface area contributed by atoms with E-state index in [1.165, 1.54) is 20.1 Å². The second kappa shape index (κ2) is 7.35. The van der Waals surface area contributed by atoms with Gasteiger partial charge in [-0.25, -0.2) is 8.42 Å². The third kappa shape index (κ3) is 4.99. The lowest BCUT2D eigenvalue weighted by Gasteiger charge is -2.13. The van der Waals surface area contributed by atoms with Crippen molar-refractivity contribution in [3.63, 3.8) is 0 Å². The van der Waals surface area contributed by atoms with Crippen LogP contribution >= 0.6 is 0 Å². The number of rotatable bonds is 6. The van der Waals surface area contributed by atoms with Gasteiger partial charge in [0.2, 0.25) is 15.9 Å². The van der Waals surface area contributed by atoms with Crippen molar-refractivity contribution in [3.05, 3.63) is 53.6 Å². The van der Waals surface area contributed by atoms with Crippen LogP contribution in [0.5, 0.6) is 5.75 Å². The molecule has 0 aliphatic rings. The molecule has 7 heteroatoms. The number of ether oxygens (including phenoxy) is 1. The molecule has 0 bridgehead atoms. The quantitative estimate of drug-likeness (QED) is 0.841. The summed E-state index contributed by atoms with van der Waals surface area (Å²) in [4.78, 5) is 11.2. The van der Waals surface area contributed by atoms with Crippen LogP contribution in [0.25, 0.3) is 0 Å². The molecule has 0 spiro atoms. The molecule has 2 aromatic rings. The fourth-order valence-corrected chi connectivity index (χ4v) is 3.47. The molecular weight excluding hydrogens is 328 g/mol. The average Bonchev–Trinajstić information content (AvgIpc) is 2.46. The Morgan fingerprint density at radius 2 is 1.92 bits per heavy atom.